The van der Waals surface area contributed by atoms with Gasteiger partial charge in [-0.25, -0.2) is 14.6 Å². The van der Waals surface area contributed by atoms with E-state index in [9.17, 15) is 33.1 Å². The number of H-pyrrole nitrogens is 1. The summed E-state index contributed by atoms with van der Waals surface area (Å²) in [6.45, 7) is 7.48. The van der Waals surface area contributed by atoms with Crippen LogP contribution in [0.5, 0.6) is 5.75 Å². The molecule has 4 rings (SSSR count). The first-order valence-corrected chi connectivity index (χ1v) is 14.8. The number of aromatic nitrogens is 2. The fraction of sp³-hybridized carbons (Fsp3) is 0.581. The number of aliphatic carboxylic acids is 1. The van der Waals surface area contributed by atoms with Crippen molar-refractivity contribution in [1.82, 2.24) is 20.2 Å². The van der Waals surface area contributed by atoms with Crippen LogP contribution in [0.25, 0.3) is 11.0 Å². The van der Waals surface area contributed by atoms with Crippen molar-refractivity contribution in [1.29, 1.82) is 0 Å². The van der Waals surface area contributed by atoms with Gasteiger partial charge < -0.3 is 30.2 Å². The predicted octanol–water partition coefficient (Wildman–Crippen LogP) is 5.26. The summed E-state index contributed by atoms with van der Waals surface area (Å²) in [4.78, 5) is 54.6. The molecule has 1 saturated heterocycles. The lowest BCUT2D eigenvalue weighted by Crippen LogP contribution is -2.57. The number of nitrogens with zero attached hydrogens (tertiary/aromatic N) is 2. The van der Waals surface area contributed by atoms with Crippen molar-refractivity contribution in [3.8, 4) is 5.75 Å². The Hall–Kier alpha value is -3.68. The third-order valence-corrected chi connectivity index (χ3v) is 7.95. The minimum Gasteiger partial charge on any atom is -0.497 e. The van der Waals surface area contributed by atoms with E-state index in [-0.39, 0.29) is 19.4 Å². The van der Waals surface area contributed by atoms with Crippen LogP contribution >= 0.6 is 13.5 Å². The van der Waals surface area contributed by atoms with Crippen LogP contribution < -0.4 is 15.6 Å². The van der Waals surface area contributed by atoms with Gasteiger partial charge in [0.25, 0.3) is 5.56 Å². The fourth-order valence-electron chi connectivity index (χ4n) is 5.27. The number of hydrogen-bond donors (Lipinski definition) is 4. The Morgan fingerprint density at radius 1 is 1.20 bits per heavy atom. The van der Waals surface area contributed by atoms with Gasteiger partial charge in [0.2, 0.25) is 5.91 Å². The maximum atomic E-state index is 14.2. The minimum absolute atomic E-state index is 0. The van der Waals surface area contributed by atoms with Gasteiger partial charge >= 0.3 is 18.0 Å². The van der Waals surface area contributed by atoms with Gasteiger partial charge in [0.15, 0.2) is 5.69 Å². The molecule has 1 aromatic heterocycles. The summed E-state index contributed by atoms with van der Waals surface area (Å²) in [6.07, 6.45) is 6.15. The smallest absolute Gasteiger partial charge is 0.405 e. The van der Waals surface area contributed by atoms with Crippen LogP contribution in [0.4, 0.5) is 13.6 Å². The van der Waals surface area contributed by atoms with E-state index in [1.807, 2.05) is 6.92 Å². The van der Waals surface area contributed by atoms with E-state index >= 15 is 0 Å². The SMILES string of the molecule is CCC1CCN(C(=O)[C@@H](NC(=O)O)C(C)(C)C)C1C(=O)O.COc1ccc2nc(C(F)(F)/C=C/CCC3CC3)c(=O)[nH]c2c1.S. The Morgan fingerprint density at radius 2 is 1.87 bits per heavy atom. The maximum absolute atomic E-state index is 14.2. The molecule has 2 aromatic rings. The number of carboxylic acids is 1. The molecule has 4 N–H and O–H groups in total. The van der Waals surface area contributed by atoms with Crippen molar-refractivity contribution in [2.24, 2.45) is 17.3 Å². The van der Waals surface area contributed by atoms with Crippen LogP contribution in [0.2, 0.25) is 0 Å². The van der Waals surface area contributed by atoms with Gasteiger partial charge in [-0.05, 0) is 54.7 Å². The second-order valence-electron chi connectivity index (χ2n) is 12.4. The molecule has 2 heterocycles. The third-order valence-electron chi connectivity index (χ3n) is 7.95. The number of nitrogens with one attached hydrogen (secondary N) is 2. The van der Waals surface area contributed by atoms with Gasteiger partial charge in [0.05, 0.1) is 18.1 Å². The number of alkyl halides is 2. The number of carbonyl (C=O) groups excluding carboxylic acids is 1. The van der Waals surface area contributed by atoms with E-state index < -0.39 is 52.6 Å². The Kier molecular flexibility index (Phi) is 13.0. The molecule has 1 aliphatic carbocycles. The Bertz CT molecular complexity index is 1440. The van der Waals surface area contributed by atoms with Crippen molar-refractivity contribution in [3.63, 3.8) is 0 Å². The molecule has 0 radical (unpaired) electrons. The summed E-state index contributed by atoms with van der Waals surface area (Å²) >= 11 is 0. The molecule has 11 nitrogen and oxygen atoms in total. The summed E-state index contributed by atoms with van der Waals surface area (Å²) in [5.74, 6) is -3.76. The monoisotopic (exact) mass is 654 g/mol. The highest BCUT2D eigenvalue weighted by Gasteiger charge is 2.45. The molecule has 1 aromatic carbocycles. The van der Waals surface area contributed by atoms with Crippen LogP contribution in [0.3, 0.4) is 0 Å². The number of carboxylic acid groups (broad SMARTS) is 2. The zero-order chi connectivity index (χ0) is 32.8. The van der Waals surface area contributed by atoms with Crippen molar-refractivity contribution < 1.29 is 38.1 Å². The molecule has 2 fully saturated rings. The van der Waals surface area contributed by atoms with Crippen molar-refractivity contribution in [2.45, 2.75) is 84.2 Å². The number of ether oxygens (including phenoxy) is 1. The van der Waals surface area contributed by atoms with E-state index in [0.717, 1.165) is 12.5 Å². The quantitative estimate of drug-likeness (QED) is 0.252. The summed E-state index contributed by atoms with van der Waals surface area (Å²) in [5.41, 5.74) is -1.64. The largest absolute Gasteiger partial charge is 0.497 e. The first-order valence-electron chi connectivity index (χ1n) is 14.8. The molecule has 2 unspecified atom stereocenters. The van der Waals surface area contributed by atoms with Crippen LogP contribution in [0.15, 0.2) is 35.1 Å². The number of likely N-dealkylation sites (tertiary alicyclic amines) is 1. The molecule has 250 valence electrons. The molecule has 2 amide bonds. The molecule has 3 atom stereocenters. The summed E-state index contributed by atoms with van der Waals surface area (Å²) in [7, 11) is 1.49. The highest BCUT2D eigenvalue weighted by atomic mass is 32.1. The average molecular weight is 655 g/mol. The van der Waals surface area contributed by atoms with Crippen LogP contribution in [-0.2, 0) is 15.5 Å². The molecule has 2 aliphatic rings. The second-order valence-corrected chi connectivity index (χ2v) is 12.4. The van der Waals surface area contributed by atoms with Gasteiger partial charge in [-0.15, -0.1) is 0 Å². The van der Waals surface area contributed by atoms with Crippen LogP contribution in [0, 0.1) is 17.3 Å². The van der Waals surface area contributed by atoms with Crippen LogP contribution in [-0.4, -0.2) is 68.8 Å². The van der Waals surface area contributed by atoms with E-state index in [1.165, 1.54) is 30.9 Å². The molecule has 0 spiro atoms. The molecular weight excluding hydrogens is 610 g/mol. The van der Waals surface area contributed by atoms with E-state index in [4.69, 9.17) is 9.84 Å². The van der Waals surface area contributed by atoms with Crippen molar-refractivity contribution in [3.05, 3.63) is 46.4 Å². The number of methoxy groups -OCH3 is 1. The number of fused-ring (bicyclic) bond motifs is 1. The molecule has 14 heteroatoms. The van der Waals surface area contributed by atoms with Gasteiger partial charge in [-0.3, -0.25) is 9.59 Å². The maximum Gasteiger partial charge on any atom is 0.405 e. The lowest BCUT2D eigenvalue weighted by Gasteiger charge is -2.34. The first kappa shape index (κ1) is 37.5. The molecule has 45 heavy (non-hydrogen) atoms. The molecular formula is C31H44F2N4O7S. The van der Waals surface area contributed by atoms with Gasteiger partial charge in [0.1, 0.15) is 17.8 Å². The predicted molar refractivity (Wildman–Crippen MR) is 170 cm³/mol. The lowest BCUT2D eigenvalue weighted by molar-refractivity contribution is -0.151. The van der Waals surface area contributed by atoms with Gasteiger partial charge in [0, 0.05) is 12.6 Å². The number of rotatable bonds is 10. The van der Waals surface area contributed by atoms with E-state index in [2.05, 4.69) is 15.3 Å². The average Bonchev–Trinajstić information content (AvgIpc) is 3.67. The fourth-order valence-corrected chi connectivity index (χ4v) is 5.27. The second kappa shape index (κ2) is 15.5. The Labute approximate surface area is 267 Å². The third kappa shape index (κ3) is 9.90. The highest BCUT2D eigenvalue weighted by Crippen LogP contribution is 2.34. The molecule has 1 saturated carbocycles. The van der Waals surface area contributed by atoms with E-state index in [1.54, 1.807) is 39.0 Å². The Morgan fingerprint density at radius 3 is 2.40 bits per heavy atom. The van der Waals surface area contributed by atoms with Crippen molar-refractivity contribution >= 4 is 42.5 Å². The lowest BCUT2D eigenvalue weighted by atomic mass is 9.85. The first-order chi connectivity index (χ1) is 20.6. The zero-order valence-corrected chi connectivity index (χ0v) is 27.2. The number of aromatic amines is 1. The summed E-state index contributed by atoms with van der Waals surface area (Å²) in [5, 5.41) is 20.5. The summed E-state index contributed by atoms with van der Waals surface area (Å²) < 4.78 is 33.5. The van der Waals surface area contributed by atoms with Crippen LogP contribution in [0.1, 0.15) is 71.9 Å². The highest BCUT2D eigenvalue weighted by molar-refractivity contribution is 7.59. The number of hydrogen-bond acceptors (Lipinski definition) is 6. The topological polar surface area (TPSA) is 162 Å². The standard InChI is InChI=1S/C17H18F2N2O2.C14H24N2O5.H2S/c1-23-12-7-8-13-14(10-12)21-16(22)15(20-13)17(18,19)9-3-2-4-11-5-6-11;1-5-8-6-7-16(9(8)12(18)19)11(17)10(14(2,3)4)15-13(20)21;/h3,7-11H,2,4-6H2,1H3,(H,21,22);8-10,15H,5-7H2,1-4H3,(H,18,19)(H,20,21);1H2/b9-3+;;/t;8?,9?,10-;/m.1./s1. The molecule has 1 aliphatic heterocycles. The minimum atomic E-state index is -3.38. The van der Waals surface area contributed by atoms with Gasteiger partial charge in [-0.2, -0.15) is 22.3 Å². The summed E-state index contributed by atoms with van der Waals surface area (Å²) in [6, 6.07) is 2.87. The number of carbonyl (C=O) groups is 3. The normalized spacial score (nSPS) is 19.0. The zero-order valence-electron chi connectivity index (χ0n) is 26.2. The van der Waals surface area contributed by atoms with Crippen molar-refractivity contribution in [2.75, 3.05) is 13.7 Å². The number of halogens is 2. The Balaban J connectivity index is 0.000000308. The molecule has 0 bridgehead atoms. The number of allylic oxidation sites excluding steroid dienone is 2. The number of benzene rings is 1. The number of amides is 2. The van der Waals surface area contributed by atoms with Gasteiger partial charge in [-0.1, -0.05) is 53.0 Å². The van der Waals surface area contributed by atoms with E-state index in [0.29, 0.717) is 48.5 Å².